The van der Waals surface area contributed by atoms with Crippen molar-refractivity contribution in [3.63, 3.8) is 0 Å². The van der Waals surface area contributed by atoms with Crippen LogP contribution in [-0.2, 0) is 29.1 Å². The van der Waals surface area contributed by atoms with Gasteiger partial charge in [-0.15, -0.1) is 0 Å². The lowest BCUT2D eigenvalue weighted by Crippen LogP contribution is -2.50. The molecule has 0 aliphatic rings. The predicted octanol–water partition coefficient (Wildman–Crippen LogP) is 2.75. The average Bonchev–Trinajstić information content (AvgIpc) is 2.65. The number of amides is 2. The first-order valence-electron chi connectivity index (χ1n) is 9.69. The lowest BCUT2D eigenvalue weighted by Gasteiger charge is -2.22. The zero-order chi connectivity index (χ0) is 20.5. The topological polar surface area (TPSA) is 61.4 Å². The van der Waals surface area contributed by atoms with E-state index >= 15 is 0 Å². The smallest absolute Gasteiger partial charge is 0.243 e. The van der Waals surface area contributed by atoms with E-state index in [9.17, 15) is 9.59 Å². The molecular weight excluding hydrogens is 350 g/mol. The van der Waals surface area contributed by atoms with E-state index in [1.165, 1.54) is 5.56 Å². The Balaban J connectivity index is 1.97. The first-order chi connectivity index (χ1) is 13.4. The van der Waals surface area contributed by atoms with E-state index in [0.29, 0.717) is 6.54 Å². The Morgan fingerprint density at radius 3 is 2.14 bits per heavy atom. The predicted molar refractivity (Wildman–Crippen MR) is 113 cm³/mol. The molecule has 28 heavy (non-hydrogen) atoms. The number of nitrogens with one attached hydrogen (secondary N) is 2. The highest BCUT2D eigenvalue weighted by molar-refractivity contribution is 5.88. The Kier molecular flexibility index (Phi) is 8.20. The highest BCUT2D eigenvalue weighted by Crippen LogP contribution is 2.11. The molecule has 2 rings (SSSR count). The van der Waals surface area contributed by atoms with Crippen LogP contribution in [0.4, 0.5) is 0 Å². The molecule has 2 N–H and O–H groups in total. The van der Waals surface area contributed by atoms with Crippen LogP contribution in [0.15, 0.2) is 54.6 Å². The van der Waals surface area contributed by atoms with Gasteiger partial charge >= 0.3 is 0 Å². The summed E-state index contributed by atoms with van der Waals surface area (Å²) in [7, 11) is 4.04. The third-order valence-electron chi connectivity index (χ3n) is 4.53. The normalized spacial score (nSPS) is 12.1. The number of hydrogen-bond acceptors (Lipinski definition) is 3. The summed E-state index contributed by atoms with van der Waals surface area (Å²) in [5, 5.41) is 5.88. The van der Waals surface area contributed by atoms with Gasteiger partial charge in [-0.25, -0.2) is 0 Å². The van der Waals surface area contributed by atoms with E-state index in [1.807, 2.05) is 76.5 Å². The van der Waals surface area contributed by atoms with Crippen molar-refractivity contribution in [1.82, 2.24) is 15.5 Å². The zero-order valence-corrected chi connectivity index (χ0v) is 17.2. The van der Waals surface area contributed by atoms with Gasteiger partial charge in [-0.1, -0.05) is 68.4 Å². The fourth-order valence-electron chi connectivity index (χ4n) is 3.06. The van der Waals surface area contributed by atoms with Crippen molar-refractivity contribution in [2.24, 2.45) is 5.92 Å². The quantitative estimate of drug-likeness (QED) is 0.702. The van der Waals surface area contributed by atoms with Crippen LogP contribution in [0.25, 0.3) is 0 Å². The first kappa shape index (κ1) is 21.6. The average molecular weight is 382 g/mol. The standard InChI is InChI=1S/C23H31N3O2/c1-17(2)22(25-21(27)14-18-10-6-5-7-11-18)23(28)24-15-19-12-8-9-13-20(19)16-26(3)4/h5-13,17,22H,14-16H2,1-4H3,(H,24,28)(H,25,27)/t22-/m0/s1. The number of nitrogens with zero attached hydrogens (tertiary/aromatic N) is 1. The van der Waals surface area contributed by atoms with Crippen LogP contribution in [0.3, 0.4) is 0 Å². The molecule has 0 aromatic heterocycles. The molecule has 2 amide bonds. The van der Waals surface area contributed by atoms with Crippen molar-refractivity contribution in [2.75, 3.05) is 14.1 Å². The van der Waals surface area contributed by atoms with Gasteiger partial charge in [0, 0.05) is 13.1 Å². The maximum atomic E-state index is 12.7. The summed E-state index contributed by atoms with van der Waals surface area (Å²) in [6.45, 7) is 5.13. The molecule has 0 aliphatic carbocycles. The second-order valence-electron chi connectivity index (χ2n) is 7.68. The minimum atomic E-state index is -0.558. The van der Waals surface area contributed by atoms with E-state index in [4.69, 9.17) is 0 Å². The Morgan fingerprint density at radius 1 is 0.929 bits per heavy atom. The summed E-state index contributed by atoms with van der Waals surface area (Å²) in [6.07, 6.45) is 0.267. The molecule has 5 heteroatoms. The molecule has 0 saturated heterocycles. The molecule has 1 atom stereocenters. The molecule has 0 aliphatic heterocycles. The summed E-state index contributed by atoms with van der Waals surface area (Å²) in [5.74, 6) is -0.305. The molecular formula is C23H31N3O2. The fraction of sp³-hybridized carbons (Fsp3) is 0.391. The second kappa shape index (κ2) is 10.6. The molecule has 0 bridgehead atoms. The summed E-state index contributed by atoms with van der Waals surface area (Å²) >= 11 is 0. The van der Waals surface area contributed by atoms with Crippen molar-refractivity contribution < 1.29 is 9.59 Å². The van der Waals surface area contributed by atoms with Gasteiger partial charge in [-0.05, 0) is 36.7 Å². The number of carbonyl (C=O) groups excluding carboxylic acids is 2. The summed E-state index contributed by atoms with van der Waals surface area (Å²) in [5.41, 5.74) is 3.20. The Hall–Kier alpha value is -2.66. The highest BCUT2D eigenvalue weighted by Gasteiger charge is 2.24. The fourth-order valence-corrected chi connectivity index (χ4v) is 3.06. The van der Waals surface area contributed by atoms with Gasteiger partial charge in [-0.3, -0.25) is 9.59 Å². The van der Waals surface area contributed by atoms with Crippen LogP contribution in [0.5, 0.6) is 0 Å². The Bertz CT molecular complexity index is 772. The third kappa shape index (κ3) is 6.82. The molecule has 2 aromatic carbocycles. The van der Waals surface area contributed by atoms with E-state index < -0.39 is 6.04 Å². The van der Waals surface area contributed by atoms with Crippen molar-refractivity contribution in [3.05, 3.63) is 71.3 Å². The van der Waals surface area contributed by atoms with E-state index in [1.54, 1.807) is 0 Å². The van der Waals surface area contributed by atoms with Crippen molar-refractivity contribution in [3.8, 4) is 0 Å². The molecule has 5 nitrogen and oxygen atoms in total. The van der Waals surface area contributed by atoms with Crippen LogP contribution in [-0.4, -0.2) is 36.9 Å². The minimum Gasteiger partial charge on any atom is -0.350 e. The zero-order valence-electron chi connectivity index (χ0n) is 17.2. The lowest BCUT2D eigenvalue weighted by atomic mass is 10.0. The monoisotopic (exact) mass is 381 g/mol. The Labute approximate surface area is 168 Å². The third-order valence-corrected chi connectivity index (χ3v) is 4.53. The molecule has 0 radical (unpaired) electrons. The van der Waals surface area contributed by atoms with Crippen LogP contribution in [0.2, 0.25) is 0 Å². The van der Waals surface area contributed by atoms with Gasteiger partial charge in [-0.2, -0.15) is 0 Å². The van der Waals surface area contributed by atoms with Gasteiger partial charge in [0.05, 0.1) is 6.42 Å². The summed E-state index contributed by atoms with van der Waals surface area (Å²) in [6, 6.07) is 17.1. The first-order valence-corrected chi connectivity index (χ1v) is 9.69. The minimum absolute atomic E-state index is 0.00302. The van der Waals surface area contributed by atoms with Crippen LogP contribution >= 0.6 is 0 Å². The van der Waals surface area contributed by atoms with Crippen LogP contribution < -0.4 is 10.6 Å². The van der Waals surface area contributed by atoms with Gasteiger partial charge < -0.3 is 15.5 Å². The number of benzene rings is 2. The molecule has 0 unspecified atom stereocenters. The molecule has 0 heterocycles. The number of rotatable bonds is 9. The SMILES string of the molecule is CC(C)[C@H](NC(=O)Cc1ccccc1)C(=O)NCc1ccccc1CN(C)C. The van der Waals surface area contributed by atoms with E-state index in [-0.39, 0.29) is 24.2 Å². The maximum absolute atomic E-state index is 12.7. The van der Waals surface area contributed by atoms with Gasteiger partial charge in [0.2, 0.25) is 11.8 Å². The molecule has 0 fully saturated rings. The molecule has 2 aromatic rings. The molecule has 0 saturated carbocycles. The second-order valence-corrected chi connectivity index (χ2v) is 7.68. The highest BCUT2D eigenvalue weighted by atomic mass is 16.2. The van der Waals surface area contributed by atoms with Crippen LogP contribution in [0, 0.1) is 5.92 Å². The van der Waals surface area contributed by atoms with Crippen molar-refractivity contribution in [1.29, 1.82) is 0 Å². The van der Waals surface area contributed by atoms with Gasteiger partial charge in [0.1, 0.15) is 6.04 Å². The number of carbonyl (C=O) groups is 2. The van der Waals surface area contributed by atoms with Gasteiger partial charge in [0.15, 0.2) is 0 Å². The summed E-state index contributed by atoms with van der Waals surface area (Å²) in [4.78, 5) is 27.2. The van der Waals surface area contributed by atoms with Gasteiger partial charge in [0.25, 0.3) is 0 Å². The van der Waals surface area contributed by atoms with Crippen LogP contribution in [0.1, 0.15) is 30.5 Å². The van der Waals surface area contributed by atoms with E-state index in [0.717, 1.165) is 17.7 Å². The van der Waals surface area contributed by atoms with Crippen molar-refractivity contribution in [2.45, 2.75) is 39.4 Å². The van der Waals surface area contributed by atoms with E-state index in [2.05, 4.69) is 21.6 Å². The molecule has 0 spiro atoms. The molecule has 150 valence electrons. The largest absolute Gasteiger partial charge is 0.350 e. The van der Waals surface area contributed by atoms with Crippen molar-refractivity contribution >= 4 is 11.8 Å². The Morgan fingerprint density at radius 2 is 1.54 bits per heavy atom. The maximum Gasteiger partial charge on any atom is 0.243 e. The summed E-state index contributed by atoms with van der Waals surface area (Å²) < 4.78 is 0. The lowest BCUT2D eigenvalue weighted by molar-refractivity contribution is -0.129. The number of hydrogen-bond donors (Lipinski definition) is 2.